The van der Waals surface area contributed by atoms with E-state index in [4.69, 9.17) is 0 Å². The SMILES string of the molecule is CC1CC(c2[nH]c3c(c2CCN2CCC(CC(=O)NC(C)C)CC2)CC(C(C)(C)C(=O)N2C4CCC2CC4)S3)C[C@@H](C)C1. The summed E-state index contributed by atoms with van der Waals surface area (Å²) in [5.41, 5.74) is 4.28. The molecular formula is C36H58N4O2S. The highest BCUT2D eigenvalue weighted by Gasteiger charge is 2.51. The lowest BCUT2D eigenvalue weighted by Crippen LogP contribution is -2.48. The molecule has 4 atom stereocenters. The third-order valence-corrected chi connectivity index (χ3v) is 13.4. The highest BCUT2D eigenvalue weighted by molar-refractivity contribution is 8.00. The van der Waals surface area contributed by atoms with E-state index in [9.17, 15) is 9.59 Å². The van der Waals surface area contributed by atoms with Gasteiger partial charge in [0.2, 0.25) is 11.8 Å². The molecule has 5 heterocycles. The Morgan fingerprint density at radius 1 is 0.977 bits per heavy atom. The smallest absolute Gasteiger partial charge is 0.229 e. The monoisotopic (exact) mass is 610 g/mol. The Kier molecular flexibility index (Phi) is 9.33. The molecule has 2 amide bonds. The maximum absolute atomic E-state index is 14.0. The average Bonchev–Trinajstić information content (AvgIpc) is 3.72. The minimum atomic E-state index is -0.356. The van der Waals surface area contributed by atoms with Crippen molar-refractivity contribution < 1.29 is 9.59 Å². The number of nitrogens with one attached hydrogen (secondary N) is 2. The first-order valence-corrected chi connectivity index (χ1v) is 18.6. The van der Waals surface area contributed by atoms with Gasteiger partial charge in [-0.25, -0.2) is 0 Å². The van der Waals surface area contributed by atoms with Crippen LogP contribution in [0, 0.1) is 23.2 Å². The number of hydrogen-bond donors (Lipinski definition) is 2. The maximum atomic E-state index is 14.0. The standard InChI is InChI=1S/C36H58N4O2S/c1-22(2)37-32(41)20-25-11-14-39(15-12-25)16-13-29-30-21-31(36(5,6)35(42)40-27-7-8-28(40)10-9-27)43-34(30)38-33(29)26-18-23(3)17-24(4)19-26/h22-28,31,38H,7-21H2,1-6H3,(H,37,41)/t23-,24?,26?,27?,28?,31?/m0/s1. The highest BCUT2D eigenvalue weighted by atomic mass is 32.2. The fourth-order valence-electron chi connectivity index (χ4n) is 9.52. The molecule has 2 N–H and O–H groups in total. The average molecular weight is 611 g/mol. The Bertz CT molecular complexity index is 1140. The van der Waals surface area contributed by atoms with Crippen LogP contribution in [-0.4, -0.2) is 69.6 Å². The van der Waals surface area contributed by atoms with E-state index >= 15 is 0 Å². The first-order valence-electron chi connectivity index (χ1n) is 17.7. The van der Waals surface area contributed by atoms with Gasteiger partial charge in [-0.2, -0.15) is 0 Å². The van der Waals surface area contributed by atoms with Crippen LogP contribution >= 0.6 is 11.8 Å². The van der Waals surface area contributed by atoms with Crippen molar-refractivity contribution in [2.75, 3.05) is 19.6 Å². The van der Waals surface area contributed by atoms with Crippen LogP contribution in [0.15, 0.2) is 5.03 Å². The summed E-state index contributed by atoms with van der Waals surface area (Å²) in [7, 11) is 0. The molecule has 1 saturated carbocycles. The van der Waals surface area contributed by atoms with Gasteiger partial charge in [-0.3, -0.25) is 9.59 Å². The highest BCUT2D eigenvalue weighted by Crippen LogP contribution is 2.51. The van der Waals surface area contributed by atoms with Crippen molar-refractivity contribution in [3.8, 4) is 0 Å². The lowest BCUT2D eigenvalue weighted by Gasteiger charge is -2.36. The van der Waals surface area contributed by atoms with E-state index in [0.29, 0.717) is 41.5 Å². The van der Waals surface area contributed by atoms with E-state index in [2.05, 4.69) is 47.8 Å². The Balaban J connectivity index is 1.14. The first-order chi connectivity index (χ1) is 20.5. The van der Waals surface area contributed by atoms with Crippen LogP contribution in [0.2, 0.25) is 0 Å². The van der Waals surface area contributed by atoms with Crippen molar-refractivity contribution in [3.05, 3.63) is 16.8 Å². The molecule has 1 aromatic heterocycles. The van der Waals surface area contributed by atoms with Crippen LogP contribution in [0.3, 0.4) is 0 Å². The van der Waals surface area contributed by atoms with Gasteiger partial charge < -0.3 is 20.1 Å². The molecule has 43 heavy (non-hydrogen) atoms. The van der Waals surface area contributed by atoms with Crippen LogP contribution in [0.5, 0.6) is 0 Å². The van der Waals surface area contributed by atoms with Gasteiger partial charge in [0.1, 0.15) is 0 Å². The van der Waals surface area contributed by atoms with Gasteiger partial charge in [0, 0.05) is 42.0 Å². The molecule has 0 aromatic carbocycles. The summed E-state index contributed by atoms with van der Waals surface area (Å²) in [6, 6.07) is 1.20. The summed E-state index contributed by atoms with van der Waals surface area (Å²) in [4.78, 5) is 35.3. The van der Waals surface area contributed by atoms with Crippen molar-refractivity contribution in [1.29, 1.82) is 0 Å². The van der Waals surface area contributed by atoms with Crippen LogP contribution in [-0.2, 0) is 22.4 Å². The van der Waals surface area contributed by atoms with Crippen molar-refractivity contribution in [2.45, 2.75) is 153 Å². The van der Waals surface area contributed by atoms with Crippen molar-refractivity contribution in [2.24, 2.45) is 23.2 Å². The lowest BCUT2D eigenvalue weighted by molar-refractivity contribution is -0.141. The number of carbonyl (C=O) groups is 2. The number of amides is 2. The van der Waals surface area contributed by atoms with Gasteiger partial charge in [-0.15, -0.1) is 11.8 Å². The number of aromatic amines is 1. The summed E-state index contributed by atoms with van der Waals surface area (Å²) < 4.78 is 0. The van der Waals surface area contributed by atoms with E-state index in [1.165, 1.54) is 61.2 Å². The van der Waals surface area contributed by atoms with Gasteiger partial charge >= 0.3 is 0 Å². The first kappa shape index (κ1) is 31.5. The molecular weight excluding hydrogens is 552 g/mol. The summed E-state index contributed by atoms with van der Waals surface area (Å²) >= 11 is 1.97. The minimum Gasteiger partial charge on any atom is -0.354 e. The molecule has 4 aliphatic heterocycles. The molecule has 240 valence electrons. The zero-order valence-corrected chi connectivity index (χ0v) is 28.7. The van der Waals surface area contributed by atoms with Crippen molar-refractivity contribution >= 4 is 23.6 Å². The number of aromatic nitrogens is 1. The quantitative estimate of drug-likeness (QED) is 0.319. The Morgan fingerprint density at radius 3 is 2.21 bits per heavy atom. The lowest BCUT2D eigenvalue weighted by atomic mass is 9.74. The molecule has 7 heteroatoms. The van der Waals surface area contributed by atoms with Gasteiger partial charge in [-0.1, -0.05) is 13.8 Å². The molecule has 1 aromatic rings. The number of H-pyrrole nitrogens is 1. The number of likely N-dealkylation sites (tertiary alicyclic amines) is 1. The van der Waals surface area contributed by atoms with Crippen LogP contribution in [0.25, 0.3) is 0 Å². The fraction of sp³-hybridized carbons (Fsp3) is 0.833. The number of rotatable bonds is 9. The molecule has 6 nitrogen and oxygen atoms in total. The number of hydrogen-bond acceptors (Lipinski definition) is 4. The Morgan fingerprint density at radius 2 is 1.60 bits per heavy atom. The van der Waals surface area contributed by atoms with Crippen LogP contribution in [0.1, 0.15) is 128 Å². The van der Waals surface area contributed by atoms with E-state index in [-0.39, 0.29) is 17.4 Å². The van der Waals surface area contributed by atoms with Gasteiger partial charge in [-0.05, 0) is 146 Å². The number of thioether (sulfide) groups is 1. The minimum absolute atomic E-state index is 0.211. The fourth-order valence-corrected chi connectivity index (χ4v) is 11.0. The molecule has 0 spiro atoms. The summed E-state index contributed by atoms with van der Waals surface area (Å²) in [6.07, 6.45) is 13.8. The molecule has 6 rings (SSSR count). The molecule has 2 bridgehead atoms. The Hall–Kier alpha value is -1.47. The third-order valence-electron chi connectivity index (χ3n) is 11.8. The largest absolute Gasteiger partial charge is 0.354 e. The van der Waals surface area contributed by atoms with Gasteiger partial charge in [0.15, 0.2) is 0 Å². The molecule has 3 unspecified atom stereocenters. The summed E-state index contributed by atoms with van der Waals surface area (Å²) in [6.45, 7) is 16.7. The van der Waals surface area contributed by atoms with Crippen LogP contribution < -0.4 is 5.32 Å². The number of piperidine rings is 1. The maximum Gasteiger partial charge on any atom is 0.229 e. The molecule has 1 aliphatic carbocycles. The number of carbonyl (C=O) groups excluding carboxylic acids is 2. The topological polar surface area (TPSA) is 68.4 Å². The second-order valence-corrected chi connectivity index (χ2v) is 17.3. The van der Waals surface area contributed by atoms with Crippen molar-refractivity contribution in [3.63, 3.8) is 0 Å². The number of nitrogens with zero attached hydrogens (tertiary/aromatic N) is 2. The molecule has 3 saturated heterocycles. The van der Waals surface area contributed by atoms with Gasteiger partial charge in [0.25, 0.3) is 0 Å². The van der Waals surface area contributed by atoms with E-state index < -0.39 is 0 Å². The molecule has 5 aliphatic rings. The van der Waals surface area contributed by atoms with E-state index in [1.807, 2.05) is 25.6 Å². The second kappa shape index (κ2) is 12.7. The molecule has 4 fully saturated rings. The number of fused-ring (bicyclic) bond motifs is 3. The summed E-state index contributed by atoms with van der Waals surface area (Å²) in [5.74, 6) is 3.30. The van der Waals surface area contributed by atoms with Crippen molar-refractivity contribution in [1.82, 2.24) is 20.1 Å². The summed E-state index contributed by atoms with van der Waals surface area (Å²) in [5, 5.41) is 4.73. The second-order valence-electron chi connectivity index (χ2n) is 16.1. The zero-order chi connectivity index (χ0) is 30.5. The molecule has 0 radical (unpaired) electrons. The van der Waals surface area contributed by atoms with E-state index in [1.54, 1.807) is 5.56 Å². The third kappa shape index (κ3) is 6.59. The van der Waals surface area contributed by atoms with Crippen LogP contribution in [0.4, 0.5) is 0 Å². The predicted molar refractivity (Wildman–Crippen MR) is 176 cm³/mol. The normalized spacial score (nSPS) is 31.7. The predicted octanol–water partition coefficient (Wildman–Crippen LogP) is 6.92. The zero-order valence-electron chi connectivity index (χ0n) is 27.8. The Labute approximate surface area is 265 Å². The van der Waals surface area contributed by atoms with Gasteiger partial charge in [0.05, 0.1) is 10.4 Å². The van der Waals surface area contributed by atoms with E-state index in [0.717, 1.165) is 57.2 Å².